The molecule has 62 heavy (non-hydrogen) atoms. The highest BCUT2D eigenvalue weighted by Crippen LogP contribution is 2.46. The van der Waals surface area contributed by atoms with Crippen molar-refractivity contribution in [3.63, 3.8) is 0 Å². The Kier molecular flexibility index (Phi) is 9.57. The Morgan fingerprint density at radius 3 is 1.34 bits per heavy atom. The lowest BCUT2D eigenvalue weighted by Gasteiger charge is -2.29. The second kappa shape index (κ2) is 16.1. The molecule has 1 aromatic heterocycles. The number of nitrogens with zero attached hydrogens (tertiary/aromatic N) is 2. The minimum Gasteiger partial charge on any atom is -0.310 e. The normalized spacial score (nSPS) is 11.2. The number of anilines is 3. The van der Waals surface area contributed by atoms with Crippen molar-refractivity contribution < 1.29 is 0 Å². The molecule has 11 rings (SSSR count). The predicted molar refractivity (Wildman–Crippen MR) is 263 cm³/mol. The van der Waals surface area contributed by atoms with E-state index in [0.717, 1.165) is 39.4 Å². The van der Waals surface area contributed by atoms with Gasteiger partial charge in [0.25, 0.3) is 0 Å². The van der Waals surface area contributed by atoms with Crippen LogP contribution in [0.1, 0.15) is 0 Å². The lowest BCUT2D eigenvalue weighted by molar-refractivity contribution is 1.18. The Morgan fingerprint density at radius 1 is 0.258 bits per heavy atom. The second-order valence-corrected chi connectivity index (χ2v) is 15.7. The van der Waals surface area contributed by atoms with Crippen LogP contribution >= 0.6 is 0 Å². The number of rotatable bonds is 9. The molecular weight excluding hydrogens is 749 g/mol. The fourth-order valence-corrected chi connectivity index (χ4v) is 9.02. The van der Waals surface area contributed by atoms with Gasteiger partial charge in [-0.25, -0.2) is 0 Å². The van der Waals surface area contributed by atoms with Gasteiger partial charge in [0, 0.05) is 33.4 Å². The van der Waals surface area contributed by atoms with Gasteiger partial charge >= 0.3 is 0 Å². The van der Waals surface area contributed by atoms with E-state index in [-0.39, 0.29) is 0 Å². The van der Waals surface area contributed by atoms with Crippen LogP contribution in [-0.2, 0) is 0 Å². The predicted octanol–water partition coefficient (Wildman–Crippen LogP) is 16.6. The summed E-state index contributed by atoms with van der Waals surface area (Å²) in [4.78, 5) is 2.45. The van der Waals surface area contributed by atoms with Crippen molar-refractivity contribution in [3.8, 4) is 61.3 Å². The molecule has 2 heteroatoms. The van der Waals surface area contributed by atoms with Crippen LogP contribution in [0.2, 0.25) is 0 Å². The van der Waals surface area contributed by atoms with Crippen LogP contribution in [0.5, 0.6) is 0 Å². The average molecular weight is 791 g/mol. The molecule has 0 aliphatic rings. The molecule has 0 saturated carbocycles. The number of hydrogen-bond acceptors (Lipinski definition) is 1. The van der Waals surface area contributed by atoms with Gasteiger partial charge in [-0.05, 0) is 98.6 Å². The number of benzene rings is 10. The standard InChI is InChI=1S/C60H42N2/c1-5-17-43(18-6-1)45-29-33-48(34-30-45)53-39-37-51(41-57(53)47-21-9-3-10-22-47)61(58-27-15-13-25-54(58)49-35-31-46(32-36-49)44-19-7-2-8-20-44)52-38-40-56-55-26-14-16-28-59(55)62(60(56)42-52)50-23-11-4-12-24-50/h1-42H. The van der Waals surface area contributed by atoms with Gasteiger partial charge in [-0.15, -0.1) is 0 Å². The van der Waals surface area contributed by atoms with E-state index in [9.17, 15) is 0 Å². The summed E-state index contributed by atoms with van der Waals surface area (Å²) in [6, 6.07) is 92.2. The molecule has 0 fully saturated rings. The third kappa shape index (κ3) is 6.84. The average Bonchev–Trinajstić information content (AvgIpc) is 3.69. The molecule has 1 heterocycles. The maximum atomic E-state index is 2.45. The summed E-state index contributed by atoms with van der Waals surface area (Å²) < 4.78 is 2.40. The maximum absolute atomic E-state index is 2.45. The van der Waals surface area contributed by atoms with Gasteiger partial charge in [-0.3, -0.25) is 0 Å². The van der Waals surface area contributed by atoms with Crippen LogP contribution < -0.4 is 4.90 Å². The molecule has 0 bridgehead atoms. The van der Waals surface area contributed by atoms with Crippen molar-refractivity contribution in [2.75, 3.05) is 4.90 Å². The SMILES string of the molecule is c1ccc(-c2ccc(-c3ccc(N(c4ccc5c6ccccc6n(-c6ccccc6)c5c4)c4ccccc4-c4ccc(-c5ccccc5)cc4)cc3-c3ccccc3)cc2)cc1. The zero-order valence-corrected chi connectivity index (χ0v) is 34.1. The topological polar surface area (TPSA) is 8.17 Å². The van der Waals surface area contributed by atoms with Gasteiger partial charge in [0.05, 0.1) is 16.7 Å². The molecule has 0 unspecified atom stereocenters. The maximum Gasteiger partial charge on any atom is 0.0561 e. The summed E-state index contributed by atoms with van der Waals surface area (Å²) in [5.41, 5.74) is 18.5. The zero-order chi connectivity index (χ0) is 41.2. The van der Waals surface area contributed by atoms with E-state index < -0.39 is 0 Å². The quantitative estimate of drug-likeness (QED) is 0.141. The molecule has 0 atom stereocenters. The van der Waals surface area contributed by atoms with Crippen LogP contribution in [0.15, 0.2) is 255 Å². The van der Waals surface area contributed by atoms with Gasteiger partial charge in [-0.1, -0.05) is 206 Å². The van der Waals surface area contributed by atoms with Crippen molar-refractivity contribution in [3.05, 3.63) is 255 Å². The summed E-state index contributed by atoms with van der Waals surface area (Å²) in [7, 11) is 0. The monoisotopic (exact) mass is 790 g/mol. The second-order valence-electron chi connectivity index (χ2n) is 15.7. The summed E-state index contributed by atoms with van der Waals surface area (Å²) in [6.07, 6.45) is 0. The van der Waals surface area contributed by atoms with Gasteiger partial charge in [0.2, 0.25) is 0 Å². The van der Waals surface area contributed by atoms with Gasteiger partial charge in [0.15, 0.2) is 0 Å². The molecule has 11 aromatic rings. The van der Waals surface area contributed by atoms with E-state index in [0.29, 0.717) is 0 Å². The highest BCUT2D eigenvalue weighted by molar-refractivity contribution is 6.10. The van der Waals surface area contributed by atoms with Gasteiger partial charge < -0.3 is 9.47 Å². The fourth-order valence-electron chi connectivity index (χ4n) is 9.02. The van der Waals surface area contributed by atoms with E-state index in [4.69, 9.17) is 0 Å². The minimum atomic E-state index is 1.07. The number of para-hydroxylation sites is 3. The first-order valence-electron chi connectivity index (χ1n) is 21.3. The van der Waals surface area contributed by atoms with Crippen molar-refractivity contribution in [2.45, 2.75) is 0 Å². The highest BCUT2D eigenvalue weighted by atomic mass is 15.1. The van der Waals surface area contributed by atoms with Crippen LogP contribution in [0.3, 0.4) is 0 Å². The first kappa shape index (κ1) is 36.8. The van der Waals surface area contributed by atoms with Crippen molar-refractivity contribution >= 4 is 38.9 Å². The molecule has 0 N–H and O–H groups in total. The van der Waals surface area contributed by atoms with Gasteiger partial charge in [0.1, 0.15) is 0 Å². The summed E-state index contributed by atoms with van der Waals surface area (Å²) in [5, 5.41) is 2.45. The molecule has 0 saturated heterocycles. The molecule has 292 valence electrons. The first-order chi connectivity index (χ1) is 30.8. The molecular formula is C60H42N2. The Morgan fingerprint density at radius 2 is 0.694 bits per heavy atom. The van der Waals surface area contributed by atoms with Crippen molar-refractivity contribution in [1.82, 2.24) is 4.57 Å². The van der Waals surface area contributed by atoms with E-state index >= 15 is 0 Å². The van der Waals surface area contributed by atoms with E-state index in [1.165, 1.54) is 60.8 Å². The largest absolute Gasteiger partial charge is 0.310 e. The summed E-state index contributed by atoms with van der Waals surface area (Å²) >= 11 is 0. The van der Waals surface area contributed by atoms with E-state index in [1.54, 1.807) is 0 Å². The lowest BCUT2D eigenvalue weighted by Crippen LogP contribution is -2.12. The van der Waals surface area contributed by atoms with Gasteiger partial charge in [-0.2, -0.15) is 0 Å². The van der Waals surface area contributed by atoms with Crippen LogP contribution in [-0.4, -0.2) is 4.57 Å². The summed E-state index contributed by atoms with van der Waals surface area (Å²) in [5.74, 6) is 0. The first-order valence-corrected chi connectivity index (χ1v) is 21.3. The molecule has 2 nitrogen and oxygen atoms in total. The molecule has 0 aliphatic carbocycles. The fraction of sp³-hybridized carbons (Fsp3) is 0. The lowest BCUT2D eigenvalue weighted by atomic mass is 9.92. The highest BCUT2D eigenvalue weighted by Gasteiger charge is 2.22. The van der Waals surface area contributed by atoms with Crippen LogP contribution in [0.25, 0.3) is 83.1 Å². The third-order valence-electron chi connectivity index (χ3n) is 12.0. The minimum absolute atomic E-state index is 1.07. The zero-order valence-electron chi connectivity index (χ0n) is 34.1. The number of fused-ring (bicyclic) bond motifs is 3. The number of aromatic nitrogens is 1. The Labute approximate surface area is 362 Å². The molecule has 0 aliphatic heterocycles. The van der Waals surface area contributed by atoms with E-state index in [2.05, 4.69) is 264 Å². The Balaban J connectivity index is 1.12. The van der Waals surface area contributed by atoms with Crippen LogP contribution in [0, 0.1) is 0 Å². The molecule has 0 amide bonds. The smallest absolute Gasteiger partial charge is 0.0561 e. The molecule has 0 spiro atoms. The van der Waals surface area contributed by atoms with Crippen molar-refractivity contribution in [2.24, 2.45) is 0 Å². The Bertz CT molecular complexity index is 3300. The third-order valence-corrected chi connectivity index (χ3v) is 12.0. The summed E-state index contributed by atoms with van der Waals surface area (Å²) in [6.45, 7) is 0. The molecule has 0 radical (unpaired) electrons. The van der Waals surface area contributed by atoms with Crippen molar-refractivity contribution in [1.29, 1.82) is 0 Å². The van der Waals surface area contributed by atoms with Crippen LogP contribution in [0.4, 0.5) is 17.1 Å². The Hall–Kier alpha value is -8.20. The number of hydrogen-bond donors (Lipinski definition) is 0. The van der Waals surface area contributed by atoms with E-state index in [1.807, 2.05) is 0 Å². The molecule has 10 aromatic carbocycles.